The molecular weight excluding hydrogens is 412 g/mol. The lowest BCUT2D eigenvalue weighted by Gasteiger charge is -2.41. The van der Waals surface area contributed by atoms with Gasteiger partial charge >= 0.3 is 0 Å². The molecule has 1 aromatic carbocycles. The highest BCUT2D eigenvalue weighted by atomic mass is 32.1. The van der Waals surface area contributed by atoms with Crippen LogP contribution < -0.4 is 5.32 Å². The highest BCUT2D eigenvalue weighted by Crippen LogP contribution is 2.28. The average Bonchev–Trinajstić information content (AvgIpc) is 3.49. The van der Waals surface area contributed by atoms with E-state index in [1.807, 2.05) is 25.1 Å². The van der Waals surface area contributed by atoms with Gasteiger partial charge in [0.15, 0.2) is 5.60 Å². The number of nitrogens with one attached hydrogen (secondary N) is 1. The summed E-state index contributed by atoms with van der Waals surface area (Å²) in [4.78, 5) is 32.8. The molecule has 2 amide bonds. The van der Waals surface area contributed by atoms with Crippen molar-refractivity contribution in [3.05, 3.63) is 66.1 Å². The first-order chi connectivity index (χ1) is 15.1. The molecule has 7 nitrogen and oxygen atoms in total. The molecule has 0 radical (unpaired) electrons. The molecule has 1 unspecified atom stereocenters. The molecule has 0 bridgehead atoms. The molecule has 1 N–H and O–H groups in total. The number of hydrogen-bond acceptors (Lipinski definition) is 5. The van der Waals surface area contributed by atoms with E-state index >= 15 is 0 Å². The van der Waals surface area contributed by atoms with Gasteiger partial charge in [-0.1, -0.05) is 30.3 Å². The number of thiophene rings is 1. The maximum Gasteiger partial charge on any atom is 0.254 e. The number of rotatable bonds is 7. The van der Waals surface area contributed by atoms with Gasteiger partial charge in [-0.15, -0.1) is 11.3 Å². The quantitative estimate of drug-likeness (QED) is 0.615. The van der Waals surface area contributed by atoms with Crippen molar-refractivity contribution in [2.24, 2.45) is 0 Å². The number of benzene rings is 1. The fourth-order valence-corrected chi connectivity index (χ4v) is 4.57. The van der Waals surface area contributed by atoms with Gasteiger partial charge in [0.1, 0.15) is 6.54 Å². The van der Waals surface area contributed by atoms with E-state index in [1.54, 1.807) is 39.5 Å². The van der Waals surface area contributed by atoms with Gasteiger partial charge in [-0.25, -0.2) is 4.98 Å². The maximum absolute atomic E-state index is 13.1. The molecule has 1 fully saturated rings. The molecule has 2 aromatic heterocycles. The second kappa shape index (κ2) is 9.45. The smallest absolute Gasteiger partial charge is 0.254 e. The third-order valence-electron chi connectivity index (χ3n) is 5.42. The Hall–Kier alpha value is -2.97. The van der Waals surface area contributed by atoms with E-state index in [0.717, 1.165) is 11.1 Å². The van der Waals surface area contributed by atoms with Crippen molar-refractivity contribution in [1.82, 2.24) is 19.8 Å². The van der Waals surface area contributed by atoms with Crippen LogP contribution in [0.2, 0.25) is 0 Å². The number of carbonyl (C=O) groups excluding carboxylic acids is 2. The fourth-order valence-electron chi connectivity index (χ4n) is 3.84. The van der Waals surface area contributed by atoms with Gasteiger partial charge in [-0.3, -0.25) is 9.59 Å². The van der Waals surface area contributed by atoms with E-state index in [4.69, 9.17) is 4.74 Å². The van der Waals surface area contributed by atoms with E-state index in [9.17, 15) is 9.59 Å². The average molecular weight is 439 g/mol. The van der Waals surface area contributed by atoms with Gasteiger partial charge in [0.05, 0.1) is 19.5 Å². The van der Waals surface area contributed by atoms with Crippen molar-refractivity contribution in [2.45, 2.75) is 25.5 Å². The first-order valence-electron chi connectivity index (χ1n) is 10.4. The Morgan fingerprint density at radius 1 is 1.26 bits per heavy atom. The number of ether oxygens (including phenoxy) is 1. The first-order valence-corrected chi connectivity index (χ1v) is 11.3. The fraction of sp³-hybridized carbons (Fsp3) is 0.348. The molecule has 1 aliphatic heterocycles. The van der Waals surface area contributed by atoms with E-state index in [0.29, 0.717) is 26.1 Å². The molecule has 0 spiro atoms. The zero-order valence-electron chi connectivity index (χ0n) is 17.5. The Labute approximate surface area is 185 Å². The third-order valence-corrected chi connectivity index (χ3v) is 6.33. The third kappa shape index (κ3) is 4.86. The molecule has 0 aliphatic carbocycles. The minimum Gasteiger partial charge on any atom is -0.361 e. The number of likely N-dealkylation sites (N-methyl/N-ethyl adjacent to an activating group) is 1. The Bertz CT molecular complexity index is 1000. The van der Waals surface area contributed by atoms with E-state index in [-0.39, 0.29) is 24.9 Å². The van der Waals surface area contributed by atoms with Gasteiger partial charge in [-0.05, 0) is 29.5 Å². The summed E-state index contributed by atoms with van der Waals surface area (Å²) in [6.07, 6.45) is 5.42. The summed E-state index contributed by atoms with van der Waals surface area (Å²) in [5.74, 6) is -0.236. The van der Waals surface area contributed by atoms with Crippen LogP contribution in [0.25, 0.3) is 10.4 Å². The topological polar surface area (TPSA) is 76.5 Å². The molecule has 3 heterocycles. The summed E-state index contributed by atoms with van der Waals surface area (Å²) in [7, 11) is 0. The standard InChI is InChI=1S/C23H26N4O3S/c1-2-25-22(29)23(14-18-5-7-19(8-6-18)20-4-3-13-31-20)16-27(11-12-30-23)21(28)15-26-10-9-24-17-26/h3-10,13,17H,2,11-12,14-16H2,1H3,(H,25,29). The van der Waals surface area contributed by atoms with Crippen molar-refractivity contribution in [1.29, 1.82) is 0 Å². The summed E-state index contributed by atoms with van der Waals surface area (Å²) in [6, 6.07) is 12.3. The van der Waals surface area contributed by atoms with Gasteiger partial charge in [0, 0.05) is 36.8 Å². The van der Waals surface area contributed by atoms with Crippen molar-refractivity contribution >= 4 is 23.2 Å². The van der Waals surface area contributed by atoms with Gasteiger partial charge in [0.25, 0.3) is 5.91 Å². The largest absolute Gasteiger partial charge is 0.361 e. The lowest BCUT2D eigenvalue weighted by Crippen LogP contribution is -2.62. The number of carbonyl (C=O) groups is 2. The van der Waals surface area contributed by atoms with Gasteiger partial charge < -0.3 is 19.5 Å². The molecule has 8 heteroatoms. The van der Waals surface area contributed by atoms with Crippen LogP contribution in [-0.2, 0) is 27.3 Å². The first kappa shape index (κ1) is 21.3. The normalized spacial score (nSPS) is 18.7. The zero-order chi connectivity index (χ0) is 21.7. The van der Waals surface area contributed by atoms with Crippen molar-refractivity contribution < 1.29 is 14.3 Å². The summed E-state index contributed by atoms with van der Waals surface area (Å²) in [5, 5.41) is 4.95. The molecule has 1 saturated heterocycles. The van der Waals surface area contributed by atoms with Crippen LogP contribution in [0.4, 0.5) is 0 Å². The Kier molecular flexibility index (Phi) is 6.48. The second-order valence-corrected chi connectivity index (χ2v) is 8.55. The minimum atomic E-state index is -1.11. The van der Waals surface area contributed by atoms with E-state index < -0.39 is 5.60 Å². The lowest BCUT2D eigenvalue weighted by molar-refractivity contribution is -0.166. The predicted molar refractivity (Wildman–Crippen MR) is 120 cm³/mol. The van der Waals surface area contributed by atoms with Crippen LogP contribution in [0.5, 0.6) is 0 Å². The molecule has 0 saturated carbocycles. The molecule has 31 heavy (non-hydrogen) atoms. The molecule has 1 aliphatic rings. The maximum atomic E-state index is 13.1. The SMILES string of the molecule is CCNC(=O)C1(Cc2ccc(-c3cccs3)cc2)CN(C(=O)Cn2ccnc2)CCO1. The van der Waals surface area contributed by atoms with Crippen LogP contribution in [0.3, 0.4) is 0 Å². The number of hydrogen-bond donors (Lipinski definition) is 1. The van der Waals surface area contributed by atoms with E-state index in [2.05, 4.69) is 33.9 Å². The number of imidazole rings is 1. The second-order valence-electron chi connectivity index (χ2n) is 7.60. The highest BCUT2D eigenvalue weighted by molar-refractivity contribution is 7.13. The summed E-state index contributed by atoms with van der Waals surface area (Å²) < 4.78 is 7.81. The van der Waals surface area contributed by atoms with Crippen molar-refractivity contribution in [2.75, 3.05) is 26.2 Å². The Morgan fingerprint density at radius 2 is 2.10 bits per heavy atom. The van der Waals surface area contributed by atoms with Gasteiger partial charge in [-0.2, -0.15) is 0 Å². The van der Waals surface area contributed by atoms with Crippen molar-refractivity contribution in [3.63, 3.8) is 0 Å². The van der Waals surface area contributed by atoms with Crippen molar-refractivity contribution in [3.8, 4) is 10.4 Å². The lowest BCUT2D eigenvalue weighted by atomic mass is 9.90. The minimum absolute atomic E-state index is 0.0528. The molecule has 162 valence electrons. The molecule has 3 aromatic rings. The Balaban J connectivity index is 1.53. The monoisotopic (exact) mass is 438 g/mol. The number of morpholine rings is 1. The summed E-state index contributed by atoms with van der Waals surface area (Å²) in [5.41, 5.74) is 1.03. The van der Waals surface area contributed by atoms with Crippen LogP contribution in [-0.4, -0.2) is 58.1 Å². The van der Waals surface area contributed by atoms with E-state index in [1.165, 1.54) is 4.88 Å². The molecular formula is C23H26N4O3S. The van der Waals surface area contributed by atoms with Gasteiger partial charge in [0.2, 0.25) is 5.91 Å². The number of aromatic nitrogens is 2. The van der Waals surface area contributed by atoms with Crippen LogP contribution in [0, 0.1) is 0 Å². The van der Waals surface area contributed by atoms with Crippen LogP contribution >= 0.6 is 11.3 Å². The summed E-state index contributed by atoms with van der Waals surface area (Å²) in [6.45, 7) is 3.59. The molecule has 1 atom stereocenters. The number of amides is 2. The summed E-state index contributed by atoms with van der Waals surface area (Å²) >= 11 is 1.69. The highest BCUT2D eigenvalue weighted by Gasteiger charge is 2.44. The molecule has 4 rings (SSSR count). The van der Waals surface area contributed by atoms with Crippen LogP contribution in [0.15, 0.2) is 60.5 Å². The predicted octanol–water partition coefficient (Wildman–Crippen LogP) is 2.59. The zero-order valence-corrected chi connectivity index (χ0v) is 18.3. The van der Waals surface area contributed by atoms with Crippen LogP contribution in [0.1, 0.15) is 12.5 Å². The number of nitrogens with zero attached hydrogens (tertiary/aromatic N) is 3. The Morgan fingerprint density at radius 3 is 2.77 bits per heavy atom.